The van der Waals surface area contributed by atoms with Gasteiger partial charge >= 0.3 is 0 Å². The zero-order chi connectivity index (χ0) is 22.7. The van der Waals surface area contributed by atoms with E-state index in [1.807, 2.05) is 78.9 Å². The van der Waals surface area contributed by atoms with Gasteiger partial charge in [0.2, 0.25) is 7.29 Å². The van der Waals surface area contributed by atoms with Gasteiger partial charge in [-0.1, -0.05) is 72.8 Å². The standard InChI is InChI=1S/C29H26NO2P/c1-32-24-19-16-23(17-20-24)28-21-18-22-10-8-9-15-27(22)29(28)30-33(31,25-11-4-2-5-12-25)26-13-6-3-7-14-26/h2-17,19-20,28H,18,21H2,1H3/b30-29+. The number of hydrogen-bond acceptors (Lipinski definition) is 2. The Hall–Kier alpha value is -3.42. The lowest BCUT2D eigenvalue weighted by molar-refractivity contribution is 0.414. The number of hydrogen-bond donors (Lipinski definition) is 0. The second kappa shape index (κ2) is 9.21. The van der Waals surface area contributed by atoms with E-state index in [9.17, 15) is 4.57 Å². The van der Waals surface area contributed by atoms with E-state index in [1.165, 1.54) is 5.56 Å². The van der Waals surface area contributed by atoms with Crippen LogP contribution in [0.1, 0.15) is 29.0 Å². The molecule has 3 nitrogen and oxygen atoms in total. The second-order valence-electron chi connectivity index (χ2n) is 8.25. The third kappa shape index (κ3) is 4.17. The van der Waals surface area contributed by atoms with Crippen molar-refractivity contribution in [1.29, 1.82) is 0 Å². The van der Waals surface area contributed by atoms with Gasteiger partial charge < -0.3 is 4.74 Å². The van der Waals surface area contributed by atoms with Gasteiger partial charge in [-0.2, -0.15) is 0 Å². The number of aryl methyl sites for hydroxylation is 1. The highest BCUT2D eigenvalue weighted by molar-refractivity contribution is 7.77. The topological polar surface area (TPSA) is 38.7 Å². The van der Waals surface area contributed by atoms with Gasteiger partial charge in [0.05, 0.1) is 12.8 Å². The smallest absolute Gasteiger partial charge is 0.247 e. The molecule has 4 aromatic rings. The first-order valence-electron chi connectivity index (χ1n) is 11.2. The summed E-state index contributed by atoms with van der Waals surface area (Å²) in [5.74, 6) is 0.888. The molecule has 0 fully saturated rings. The van der Waals surface area contributed by atoms with Crippen molar-refractivity contribution in [1.82, 2.24) is 0 Å². The molecule has 0 N–H and O–H groups in total. The van der Waals surface area contributed by atoms with Crippen LogP contribution in [0, 0.1) is 0 Å². The Bertz CT molecular complexity index is 1270. The van der Waals surface area contributed by atoms with E-state index in [4.69, 9.17) is 9.50 Å². The fourth-order valence-corrected chi connectivity index (χ4v) is 6.81. The number of methoxy groups -OCH3 is 1. The average molecular weight is 452 g/mol. The van der Waals surface area contributed by atoms with Crippen molar-refractivity contribution < 1.29 is 9.30 Å². The summed E-state index contributed by atoms with van der Waals surface area (Å²) in [5, 5.41) is 1.50. The summed E-state index contributed by atoms with van der Waals surface area (Å²) in [6, 6.07) is 35.9. The molecule has 0 amide bonds. The van der Waals surface area contributed by atoms with Gasteiger partial charge in [-0.15, -0.1) is 0 Å². The third-order valence-corrected chi connectivity index (χ3v) is 8.80. The molecule has 0 saturated heterocycles. The van der Waals surface area contributed by atoms with Crippen LogP contribution in [0.2, 0.25) is 0 Å². The largest absolute Gasteiger partial charge is 0.497 e. The lowest BCUT2D eigenvalue weighted by atomic mass is 9.78. The van der Waals surface area contributed by atoms with Crippen LogP contribution in [0.3, 0.4) is 0 Å². The number of nitrogens with zero attached hydrogens (tertiary/aromatic N) is 1. The summed E-state index contributed by atoms with van der Waals surface area (Å²) in [7, 11) is -1.58. The highest BCUT2D eigenvalue weighted by Gasteiger charge is 2.33. The predicted octanol–water partition coefficient (Wildman–Crippen LogP) is 6.14. The summed E-state index contributed by atoms with van der Waals surface area (Å²) in [6.07, 6.45) is 1.89. The highest BCUT2D eigenvalue weighted by atomic mass is 31.2. The van der Waals surface area contributed by atoms with E-state index in [0.29, 0.717) is 0 Å². The minimum absolute atomic E-state index is 0.0616. The molecule has 4 heteroatoms. The highest BCUT2D eigenvalue weighted by Crippen LogP contribution is 2.48. The zero-order valence-corrected chi connectivity index (χ0v) is 19.5. The van der Waals surface area contributed by atoms with Gasteiger partial charge in [-0.25, -0.2) is 4.76 Å². The summed E-state index contributed by atoms with van der Waals surface area (Å²) >= 11 is 0. The molecule has 0 bridgehead atoms. The van der Waals surface area contributed by atoms with Crippen molar-refractivity contribution in [3.8, 4) is 5.75 Å². The van der Waals surface area contributed by atoms with Crippen LogP contribution in [0.4, 0.5) is 0 Å². The van der Waals surface area contributed by atoms with Gasteiger partial charge in [0.1, 0.15) is 5.75 Å². The Morgan fingerprint density at radius 1 is 0.758 bits per heavy atom. The first kappa shape index (κ1) is 21.4. The molecule has 33 heavy (non-hydrogen) atoms. The first-order valence-corrected chi connectivity index (χ1v) is 12.9. The molecule has 5 rings (SSSR count). The molecule has 0 aliphatic heterocycles. The molecular weight excluding hydrogens is 425 g/mol. The SMILES string of the molecule is COc1ccc(C2CCc3ccccc3/C2=N\P(=O)(c2ccccc2)c2ccccc2)cc1. The Kier molecular flexibility index (Phi) is 5.98. The van der Waals surface area contributed by atoms with Gasteiger partial charge in [-0.3, -0.25) is 4.57 Å². The van der Waals surface area contributed by atoms with Crippen LogP contribution in [0.15, 0.2) is 114 Å². The number of rotatable bonds is 5. The maximum atomic E-state index is 14.8. The van der Waals surface area contributed by atoms with Crippen molar-refractivity contribution in [2.45, 2.75) is 18.8 Å². The van der Waals surface area contributed by atoms with Gasteiger partial charge in [0.25, 0.3) is 0 Å². The molecule has 0 saturated carbocycles. The number of fused-ring (bicyclic) bond motifs is 1. The second-order valence-corrected chi connectivity index (χ2v) is 10.6. The molecule has 1 aliphatic carbocycles. The molecule has 1 aliphatic rings. The van der Waals surface area contributed by atoms with E-state index in [-0.39, 0.29) is 5.92 Å². The van der Waals surface area contributed by atoms with Crippen molar-refractivity contribution in [3.05, 3.63) is 126 Å². The van der Waals surface area contributed by atoms with Crippen LogP contribution in [0.5, 0.6) is 5.75 Å². The number of benzene rings is 4. The molecule has 4 aromatic carbocycles. The summed E-state index contributed by atoms with van der Waals surface area (Å²) in [4.78, 5) is 0. The van der Waals surface area contributed by atoms with E-state index in [2.05, 4.69) is 30.3 Å². The number of ether oxygens (including phenoxy) is 1. The van der Waals surface area contributed by atoms with E-state index in [1.54, 1.807) is 7.11 Å². The predicted molar refractivity (Wildman–Crippen MR) is 137 cm³/mol. The Morgan fingerprint density at radius 2 is 1.33 bits per heavy atom. The van der Waals surface area contributed by atoms with E-state index >= 15 is 0 Å². The van der Waals surface area contributed by atoms with E-state index < -0.39 is 7.29 Å². The molecule has 1 atom stereocenters. The van der Waals surface area contributed by atoms with Gasteiger partial charge in [0.15, 0.2) is 0 Å². The van der Waals surface area contributed by atoms with Crippen molar-refractivity contribution in [3.63, 3.8) is 0 Å². The third-order valence-electron chi connectivity index (χ3n) is 6.30. The first-order chi connectivity index (χ1) is 16.2. The molecule has 0 aromatic heterocycles. The lowest BCUT2D eigenvalue weighted by Crippen LogP contribution is -2.24. The summed E-state index contributed by atoms with van der Waals surface area (Å²) in [6.45, 7) is 0. The van der Waals surface area contributed by atoms with Crippen LogP contribution < -0.4 is 15.3 Å². The van der Waals surface area contributed by atoms with Gasteiger partial charge in [0, 0.05) is 16.5 Å². The summed E-state index contributed by atoms with van der Waals surface area (Å²) in [5.41, 5.74) is 4.42. The normalized spacial score (nSPS) is 16.9. The lowest BCUT2D eigenvalue weighted by Gasteiger charge is -2.29. The Balaban J connectivity index is 1.73. The van der Waals surface area contributed by atoms with Crippen molar-refractivity contribution >= 4 is 23.6 Å². The van der Waals surface area contributed by atoms with Crippen molar-refractivity contribution in [2.24, 2.45) is 4.76 Å². The van der Waals surface area contributed by atoms with Crippen LogP contribution in [-0.2, 0) is 11.0 Å². The van der Waals surface area contributed by atoms with Crippen LogP contribution >= 0.6 is 7.29 Å². The van der Waals surface area contributed by atoms with Crippen molar-refractivity contribution in [2.75, 3.05) is 7.11 Å². The quantitative estimate of drug-likeness (QED) is 0.342. The molecule has 0 heterocycles. The Morgan fingerprint density at radius 3 is 1.94 bits per heavy atom. The molecule has 1 unspecified atom stereocenters. The Labute approximate surface area is 195 Å². The maximum absolute atomic E-state index is 14.8. The molecule has 0 spiro atoms. The van der Waals surface area contributed by atoms with Crippen LogP contribution in [-0.4, -0.2) is 12.8 Å². The fraction of sp³-hybridized carbons (Fsp3) is 0.138. The molecule has 164 valence electrons. The molecular formula is C29H26NO2P. The fourth-order valence-electron chi connectivity index (χ4n) is 4.57. The molecule has 0 radical (unpaired) electrons. The monoisotopic (exact) mass is 451 g/mol. The minimum atomic E-state index is -3.26. The summed E-state index contributed by atoms with van der Waals surface area (Å²) < 4.78 is 25.3. The zero-order valence-electron chi connectivity index (χ0n) is 18.6. The van der Waals surface area contributed by atoms with Gasteiger partial charge in [-0.05, 0) is 65.9 Å². The maximum Gasteiger partial charge on any atom is 0.247 e. The van der Waals surface area contributed by atoms with E-state index in [0.717, 1.165) is 46.0 Å². The van der Waals surface area contributed by atoms with Crippen LogP contribution in [0.25, 0.3) is 0 Å². The average Bonchev–Trinajstić information content (AvgIpc) is 2.90. The minimum Gasteiger partial charge on any atom is -0.497 e.